The molecule has 0 aliphatic heterocycles. The molecule has 3 fully saturated rings. The summed E-state index contributed by atoms with van der Waals surface area (Å²) in [6.07, 6.45) is 10.6. The van der Waals surface area contributed by atoms with Gasteiger partial charge in [-0.3, -0.25) is 4.79 Å². The van der Waals surface area contributed by atoms with Crippen LogP contribution in [0.5, 0.6) is 0 Å². The Morgan fingerprint density at radius 1 is 1.17 bits per heavy atom. The molecule has 0 amide bonds. The molecule has 0 heterocycles. The summed E-state index contributed by atoms with van der Waals surface area (Å²) >= 11 is 0. The summed E-state index contributed by atoms with van der Waals surface area (Å²) in [5.41, 5.74) is 6.69. The predicted molar refractivity (Wildman–Crippen MR) is 122 cm³/mol. The Bertz CT molecular complexity index is 581. The van der Waals surface area contributed by atoms with Crippen molar-refractivity contribution in [3.63, 3.8) is 0 Å². The molecule has 9 unspecified atom stereocenters. The molecule has 0 aromatic carbocycles. The average Bonchev–Trinajstić information content (AvgIpc) is 2.76. The van der Waals surface area contributed by atoms with E-state index in [4.69, 9.17) is 10.5 Å². The summed E-state index contributed by atoms with van der Waals surface area (Å²) in [5, 5.41) is 11.4. The van der Waals surface area contributed by atoms with Crippen LogP contribution in [-0.4, -0.2) is 30.3 Å². The van der Waals surface area contributed by atoms with Gasteiger partial charge in [0.1, 0.15) is 0 Å². The number of methoxy groups -OCH3 is 1. The van der Waals surface area contributed by atoms with Crippen molar-refractivity contribution in [3.8, 4) is 0 Å². The van der Waals surface area contributed by atoms with Gasteiger partial charge in [-0.25, -0.2) is 0 Å². The number of nitrogens with two attached hydrogens (primary N) is 1. The number of carbonyl (C=O) groups is 1. The van der Waals surface area contributed by atoms with Gasteiger partial charge in [0.05, 0.1) is 13.2 Å². The largest absolute Gasteiger partial charge is 0.469 e. The number of hydrogen-bond acceptors (Lipinski definition) is 4. The number of carbonyl (C=O) groups excluding carboxylic acids is 1. The fourth-order valence-corrected chi connectivity index (χ4v) is 7.75. The maximum absolute atomic E-state index is 11.7. The van der Waals surface area contributed by atoms with Gasteiger partial charge in [-0.2, -0.15) is 0 Å². The highest BCUT2D eigenvalue weighted by molar-refractivity contribution is 5.69. The predicted octanol–water partition coefficient (Wildman–Crippen LogP) is 5.17. The highest BCUT2D eigenvalue weighted by atomic mass is 16.5. The van der Waals surface area contributed by atoms with Crippen LogP contribution in [0.1, 0.15) is 91.9 Å². The lowest BCUT2D eigenvalue weighted by molar-refractivity contribution is -0.141. The van der Waals surface area contributed by atoms with Crippen LogP contribution < -0.4 is 5.73 Å². The van der Waals surface area contributed by atoms with Gasteiger partial charge in [-0.1, -0.05) is 34.1 Å². The molecule has 3 saturated carbocycles. The summed E-state index contributed by atoms with van der Waals surface area (Å²) in [7, 11) is 1.47. The highest BCUT2D eigenvalue weighted by Crippen LogP contribution is 2.59. The first-order valence-corrected chi connectivity index (χ1v) is 12.7. The van der Waals surface area contributed by atoms with Gasteiger partial charge in [0, 0.05) is 12.5 Å². The number of fused-ring (bicyclic) bond motifs is 3. The molecule has 0 aromatic heterocycles. The Morgan fingerprint density at radius 2 is 1.90 bits per heavy atom. The van der Waals surface area contributed by atoms with E-state index in [-0.39, 0.29) is 18.0 Å². The van der Waals surface area contributed by atoms with Gasteiger partial charge in [-0.15, -0.1) is 0 Å². The van der Waals surface area contributed by atoms with E-state index in [1.54, 1.807) is 0 Å². The SMILES string of the molecule is COC(=O)CCC(C)C1CCC(C)C2CCC3CC(N)CCC3(C)C2C[C@H](O)C1C. The van der Waals surface area contributed by atoms with Gasteiger partial charge in [-0.05, 0) is 98.2 Å². The van der Waals surface area contributed by atoms with Crippen molar-refractivity contribution in [2.45, 2.75) is 104 Å². The second-order valence-electron chi connectivity index (χ2n) is 11.6. The maximum atomic E-state index is 11.7. The maximum Gasteiger partial charge on any atom is 0.305 e. The van der Waals surface area contributed by atoms with Crippen LogP contribution in [-0.2, 0) is 9.53 Å². The number of hydrogen-bond donors (Lipinski definition) is 2. The molecule has 4 nitrogen and oxygen atoms in total. The Kier molecular flexibility index (Phi) is 7.93. The molecule has 30 heavy (non-hydrogen) atoms. The number of esters is 1. The second-order valence-corrected chi connectivity index (χ2v) is 11.6. The van der Waals surface area contributed by atoms with Crippen molar-refractivity contribution in [1.29, 1.82) is 0 Å². The molecule has 3 aliphatic carbocycles. The quantitative estimate of drug-likeness (QED) is 0.614. The first-order chi connectivity index (χ1) is 14.2. The zero-order valence-corrected chi connectivity index (χ0v) is 20.1. The second kappa shape index (κ2) is 9.90. The molecule has 0 radical (unpaired) electrons. The third kappa shape index (κ3) is 4.90. The van der Waals surface area contributed by atoms with Crippen LogP contribution in [0, 0.1) is 46.8 Å². The third-order valence-corrected chi connectivity index (χ3v) is 10.0. The van der Waals surface area contributed by atoms with Crippen molar-refractivity contribution < 1.29 is 14.6 Å². The van der Waals surface area contributed by atoms with Crippen molar-refractivity contribution in [2.75, 3.05) is 7.11 Å². The van der Waals surface area contributed by atoms with E-state index in [0.717, 1.165) is 37.5 Å². The van der Waals surface area contributed by atoms with E-state index in [1.165, 1.54) is 39.2 Å². The van der Waals surface area contributed by atoms with E-state index >= 15 is 0 Å². The fraction of sp³-hybridized carbons (Fsp3) is 0.962. The molecule has 3 rings (SSSR count). The van der Waals surface area contributed by atoms with E-state index < -0.39 is 0 Å². The number of ether oxygens (including phenoxy) is 1. The van der Waals surface area contributed by atoms with Gasteiger partial charge < -0.3 is 15.6 Å². The van der Waals surface area contributed by atoms with E-state index in [2.05, 4.69) is 27.7 Å². The van der Waals surface area contributed by atoms with Crippen LogP contribution in [0.3, 0.4) is 0 Å². The van der Waals surface area contributed by atoms with Gasteiger partial charge in [0.25, 0.3) is 0 Å². The molecule has 3 aliphatic rings. The minimum Gasteiger partial charge on any atom is -0.469 e. The first-order valence-electron chi connectivity index (χ1n) is 12.7. The van der Waals surface area contributed by atoms with E-state index in [9.17, 15) is 9.90 Å². The molecule has 174 valence electrons. The van der Waals surface area contributed by atoms with Crippen molar-refractivity contribution in [1.82, 2.24) is 0 Å². The third-order valence-electron chi connectivity index (χ3n) is 10.0. The van der Waals surface area contributed by atoms with Gasteiger partial charge in [0.15, 0.2) is 0 Å². The summed E-state index contributed by atoms with van der Waals surface area (Å²) in [5.74, 6) is 3.83. The lowest BCUT2D eigenvalue weighted by Crippen LogP contribution is -2.51. The summed E-state index contributed by atoms with van der Waals surface area (Å²) in [4.78, 5) is 11.7. The van der Waals surface area contributed by atoms with Crippen LogP contribution in [0.25, 0.3) is 0 Å². The summed E-state index contributed by atoms with van der Waals surface area (Å²) in [6.45, 7) is 9.52. The van der Waals surface area contributed by atoms with Crippen molar-refractivity contribution in [2.24, 2.45) is 52.6 Å². The Balaban J connectivity index is 1.78. The molecule has 0 aromatic rings. The lowest BCUT2D eigenvalue weighted by atomic mass is 9.49. The molecule has 0 saturated heterocycles. The molecule has 10 atom stereocenters. The van der Waals surface area contributed by atoms with Gasteiger partial charge in [0.2, 0.25) is 0 Å². The molecular formula is C26H47NO3. The van der Waals surface area contributed by atoms with Crippen LogP contribution >= 0.6 is 0 Å². The molecular weight excluding hydrogens is 374 g/mol. The van der Waals surface area contributed by atoms with Crippen molar-refractivity contribution in [3.05, 3.63) is 0 Å². The average molecular weight is 422 g/mol. The highest BCUT2D eigenvalue weighted by Gasteiger charge is 2.52. The van der Waals surface area contributed by atoms with Crippen LogP contribution in [0.2, 0.25) is 0 Å². The smallest absolute Gasteiger partial charge is 0.305 e. The summed E-state index contributed by atoms with van der Waals surface area (Å²) in [6, 6.07) is 0.372. The minimum atomic E-state index is -0.250. The van der Waals surface area contributed by atoms with E-state index in [0.29, 0.717) is 41.5 Å². The standard InChI is InChI=1S/C26H47NO3/c1-16(7-11-25(29)30-5)21-9-6-17(2)22-10-8-19-14-20(27)12-13-26(19,4)23(22)15-24(28)18(21)3/h16-24,28H,6-15,27H2,1-5H3/t16?,17?,18?,19?,20?,21?,22?,23?,24-,26?/m0/s1. The molecule has 0 spiro atoms. The molecule has 4 heteroatoms. The summed E-state index contributed by atoms with van der Waals surface area (Å²) < 4.78 is 4.85. The number of aliphatic hydroxyl groups excluding tert-OH is 1. The topological polar surface area (TPSA) is 72.5 Å². The van der Waals surface area contributed by atoms with Crippen molar-refractivity contribution >= 4 is 5.97 Å². The van der Waals surface area contributed by atoms with Gasteiger partial charge >= 0.3 is 5.97 Å². The fourth-order valence-electron chi connectivity index (χ4n) is 7.75. The zero-order valence-electron chi connectivity index (χ0n) is 20.1. The Morgan fingerprint density at radius 3 is 2.60 bits per heavy atom. The monoisotopic (exact) mass is 421 g/mol. The lowest BCUT2D eigenvalue weighted by Gasteiger charge is -2.56. The van der Waals surface area contributed by atoms with E-state index in [1.807, 2.05) is 0 Å². The molecule has 3 N–H and O–H groups in total. The Hall–Kier alpha value is -0.610. The normalized spacial score (nSPS) is 45.8. The Labute approximate surface area is 184 Å². The first kappa shape index (κ1) is 24.0. The number of rotatable bonds is 4. The number of aliphatic hydroxyl groups is 1. The van der Waals surface area contributed by atoms with Crippen LogP contribution in [0.15, 0.2) is 0 Å². The minimum absolute atomic E-state index is 0.119. The molecule has 0 bridgehead atoms. The van der Waals surface area contributed by atoms with Crippen LogP contribution in [0.4, 0.5) is 0 Å². The zero-order chi connectivity index (χ0) is 22.1.